The predicted octanol–water partition coefficient (Wildman–Crippen LogP) is 4.80. The number of nitrogens with one attached hydrogen (secondary N) is 2. The van der Waals surface area contributed by atoms with Crippen LogP contribution in [0.15, 0.2) is 70.1 Å². The highest BCUT2D eigenvalue weighted by atomic mass is 127. The van der Waals surface area contributed by atoms with Crippen LogP contribution in [0.1, 0.15) is 40.8 Å². The first kappa shape index (κ1) is 22.9. The van der Waals surface area contributed by atoms with Gasteiger partial charge in [-0.1, -0.05) is 60.7 Å². The van der Waals surface area contributed by atoms with E-state index in [2.05, 4.69) is 81.3 Å². The smallest absolute Gasteiger partial charge is 0.214 e. The van der Waals surface area contributed by atoms with Gasteiger partial charge in [-0.3, -0.25) is 4.99 Å². The summed E-state index contributed by atoms with van der Waals surface area (Å²) in [4.78, 5) is 8.69. The van der Waals surface area contributed by atoms with E-state index in [-0.39, 0.29) is 24.0 Å². The molecule has 2 aromatic carbocycles. The van der Waals surface area contributed by atoms with Gasteiger partial charge in [0.05, 0.1) is 12.2 Å². The van der Waals surface area contributed by atoms with Crippen LogP contribution in [0, 0.1) is 13.8 Å². The summed E-state index contributed by atoms with van der Waals surface area (Å²) in [6.07, 6.45) is 0.964. The van der Waals surface area contributed by atoms with Gasteiger partial charge in [-0.25, -0.2) is 4.98 Å². The monoisotopic (exact) mass is 504 g/mol. The summed E-state index contributed by atoms with van der Waals surface area (Å²) in [6.45, 7) is 5.18. The number of oxazole rings is 1. The molecule has 154 valence electrons. The molecule has 0 unspecified atom stereocenters. The van der Waals surface area contributed by atoms with Crippen molar-refractivity contribution < 1.29 is 4.42 Å². The summed E-state index contributed by atoms with van der Waals surface area (Å²) < 4.78 is 5.61. The number of aryl methyl sites for hydroxylation is 2. The van der Waals surface area contributed by atoms with Crippen LogP contribution in [0.3, 0.4) is 0 Å². The van der Waals surface area contributed by atoms with Crippen LogP contribution < -0.4 is 10.6 Å². The van der Waals surface area contributed by atoms with E-state index in [4.69, 9.17) is 4.42 Å². The molecule has 0 aliphatic rings. The van der Waals surface area contributed by atoms with E-state index in [1.165, 1.54) is 11.1 Å². The van der Waals surface area contributed by atoms with Crippen molar-refractivity contribution in [1.82, 2.24) is 15.6 Å². The molecule has 0 saturated heterocycles. The molecule has 5 nitrogen and oxygen atoms in total. The Morgan fingerprint density at radius 1 is 0.966 bits per heavy atom. The quantitative estimate of drug-likeness (QED) is 0.276. The highest BCUT2D eigenvalue weighted by Gasteiger charge is 2.14. The molecule has 0 bridgehead atoms. The maximum absolute atomic E-state index is 5.61. The molecule has 3 rings (SSSR count). The summed E-state index contributed by atoms with van der Waals surface area (Å²) in [6, 6.07) is 21.3. The number of nitrogens with zero attached hydrogens (tertiary/aromatic N) is 2. The first-order chi connectivity index (χ1) is 13.7. The minimum atomic E-state index is 0. The van der Waals surface area contributed by atoms with E-state index in [0.717, 1.165) is 30.4 Å². The summed E-state index contributed by atoms with van der Waals surface area (Å²) in [7, 11) is 1.77. The number of hydrogen-bond acceptors (Lipinski definition) is 3. The summed E-state index contributed by atoms with van der Waals surface area (Å²) >= 11 is 0. The molecule has 3 aromatic rings. The third-order valence-corrected chi connectivity index (χ3v) is 4.83. The lowest BCUT2D eigenvalue weighted by molar-refractivity contribution is 0.463. The van der Waals surface area contributed by atoms with Gasteiger partial charge in [0.2, 0.25) is 5.89 Å². The lowest BCUT2D eigenvalue weighted by Crippen LogP contribution is -2.37. The van der Waals surface area contributed by atoms with Gasteiger partial charge in [-0.05, 0) is 31.4 Å². The molecule has 0 aliphatic heterocycles. The van der Waals surface area contributed by atoms with Crippen molar-refractivity contribution in [3.63, 3.8) is 0 Å². The first-order valence-electron chi connectivity index (χ1n) is 9.64. The Kier molecular flexibility index (Phi) is 9.18. The van der Waals surface area contributed by atoms with Gasteiger partial charge in [0.15, 0.2) is 5.96 Å². The van der Waals surface area contributed by atoms with Gasteiger partial charge < -0.3 is 15.1 Å². The van der Waals surface area contributed by atoms with E-state index in [0.29, 0.717) is 18.4 Å². The molecule has 29 heavy (non-hydrogen) atoms. The zero-order valence-corrected chi connectivity index (χ0v) is 19.5. The Labute approximate surface area is 190 Å². The van der Waals surface area contributed by atoms with Crippen LogP contribution >= 0.6 is 24.0 Å². The molecular weight excluding hydrogens is 475 g/mol. The minimum absolute atomic E-state index is 0. The second kappa shape index (κ2) is 11.6. The second-order valence-corrected chi connectivity index (χ2v) is 6.76. The van der Waals surface area contributed by atoms with Crippen molar-refractivity contribution in [1.29, 1.82) is 0 Å². The van der Waals surface area contributed by atoms with Crippen molar-refractivity contribution in [2.45, 2.75) is 32.7 Å². The Hall–Kier alpha value is -2.35. The van der Waals surface area contributed by atoms with Gasteiger partial charge in [0.25, 0.3) is 0 Å². The third-order valence-electron chi connectivity index (χ3n) is 4.83. The van der Waals surface area contributed by atoms with Gasteiger partial charge in [0, 0.05) is 19.5 Å². The topological polar surface area (TPSA) is 62.5 Å². The fourth-order valence-electron chi connectivity index (χ4n) is 3.23. The largest absolute Gasteiger partial charge is 0.444 e. The molecule has 0 saturated carbocycles. The standard InChI is InChI=1S/C23H28N4O.HI/c1-17-18(2)28-22(27-17)16-26-23(24-3)25-15-14-21(19-10-6-4-7-11-19)20-12-8-5-9-13-20;/h4-13,21H,14-16H2,1-3H3,(H2,24,25,26);1H. The fraction of sp³-hybridized carbons (Fsp3) is 0.304. The molecular formula is C23H29IN4O. The van der Waals surface area contributed by atoms with Gasteiger partial charge in [-0.15, -0.1) is 24.0 Å². The summed E-state index contributed by atoms with van der Waals surface area (Å²) in [5.41, 5.74) is 3.57. The molecule has 1 heterocycles. The minimum Gasteiger partial charge on any atom is -0.444 e. The van der Waals surface area contributed by atoms with Crippen LogP contribution in [0.5, 0.6) is 0 Å². The Morgan fingerprint density at radius 2 is 1.55 bits per heavy atom. The average molecular weight is 504 g/mol. The number of benzene rings is 2. The van der Waals surface area contributed by atoms with Crippen molar-refractivity contribution >= 4 is 29.9 Å². The molecule has 6 heteroatoms. The average Bonchev–Trinajstić information content (AvgIpc) is 3.06. The molecule has 0 atom stereocenters. The van der Waals surface area contributed by atoms with Crippen LogP contribution in [0.4, 0.5) is 0 Å². The maximum atomic E-state index is 5.61. The lowest BCUT2D eigenvalue weighted by atomic mass is 9.88. The number of guanidine groups is 1. The van der Waals surface area contributed by atoms with Crippen molar-refractivity contribution in [3.8, 4) is 0 Å². The van der Waals surface area contributed by atoms with Gasteiger partial charge in [0.1, 0.15) is 5.76 Å². The SMILES string of the molecule is CN=C(NCCC(c1ccccc1)c1ccccc1)NCc1nc(C)c(C)o1.I. The number of hydrogen-bond donors (Lipinski definition) is 2. The van der Waals surface area contributed by atoms with Crippen LogP contribution in [0.2, 0.25) is 0 Å². The lowest BCUT2D eigenvalue weighted by Gasteiger charge is -2.19. The Balaban J connectivity index is 0.00000300. The maximum Gasteiger partial charge on any atom is 0.214 e. The first-order valence-corrected chi connectivity index (χ1v) is 9.64. The molecule has 0 aliphatic carbocycles. The number of aromatic nitrogens is 1. The van der Waals surface area contributed by atoms with E-state index in [1.807, 2.05) is 13.8 Å². The van der Waals surface area contributed by atoms with Crippen molar-refractivity contribution in [2.75, 3.05) is 13.6 Å². The van der Waals surface area contributed by atoms with Crippen LogP contribution in [-0.4, -0.2) is 24.5 Å². The zero-order chi connectivity index (χ0) is 19.8. The Morgan fingerprint density at radius 3 is 2.03 bits per heavy atom. The van der Waals surface area contributed by atoms with E-state index in [1.54, 1.807) is 7.05 Å². The van der Waals surface area contributed by atoms with Crippen LogP contribution in [-0.2, 0) is 6.54 Å². The number of halogens is 1. The molecule has 2 N–H and O–H groups in total. The normalized spacial score (nSPS) is 11.2. The summed E-state index contributed by atoms with van der Waals surface area (Å²) in [5, 5.41) is 6.66. The number of rotatable bonds is 7. The van der Waals surface area contributed by atoms with E-state index in [9.17, 15) is 0 Å². The van der Waals surface area contributed by atoms with Gasteiger partial charge >= 0.3 is 0 Å². The second-order valence-electron chi connectivity index (χ2n) is 6.76. The predicted molar refractivity (Wildman–Crippen MR) is 129 cm³/mol. The molecule has 0 radical (unpaired) electrons. The van der Waals surface area contributed by atoms with Crippen LogP contribution in [0.25, 0.3) is 0 Å². The molecule has 0 spiro atoms. The van der Waals surface area contributed by atoms with Crippen molar-refractivity contribution in [3.05, 3.63) is 89.1 Å². The zero-order valence-electron chi connectivity index (χ0n) is 17.2. The number of aliphatic imine (C=N–C) groups is 1. The molecule has 1 aromatic heterocycles. The fourth-order valence-corrected chi connectivity index (χ4v) is 3.23. The summed E-state index contributed by atoms with van der Waals surface area (Å²) in [5.74, 6) is 2.61. The highest BCUT2D eigenvalue weighted by Crippen LogP contribution is 2.27. The van der Waals surface area contributed by atoms with Crippen molar-refractivity contribution in [2.24, 2.45) is 4.99 Å². The van der Waals surface area contributed by atoms with E-state index < -0.39 is 0 Å². The molecule has 0 amide bonds. The highest BCUT2D eigenvalue weighted by molar-refractivity contribution is 14.0. The third kappa shape index (κ3) is 6.59. The van der Waals surface area contributed by atoms with Gasteiger partial charge in [-0.2, -0.15) is 0 Å². The van der Waals surface area contributed by atoms with E-state index >= 15 is 0 Å². The molecule has 0 fully saturated rings. The Bertz CT molecular complexity index is 835.